The van der Waals surface area contributed by atoms with Gasteiger partial charge in [0.05, 0.1) is 41.1 Å². The number of anilines is 1. The highest BCUT2D eigenvalue weighted by Crippen LogP contribution is 2.27. The van der Waals surface area contributed by atoms with Crippen LogP contribution in [0.1, 0.15) is 17.0 Å². The summed E-state index contributed by atoms with van der Waals surface area (Å²) in [7, 11) is -1.89. The van der Waals surface area contributed by atoms with E-state index in [1.807, 2.05) is 18.7 Å². The van der Waals surface area contributed by atoms with Gasteiger partial charge in [-0.2, -0.15) is 4.31 Å². The molecule has 0 saturated carbocycles. The minimum absolute atomic E-state index is 0.0770. The number of amides is 1. The average molecular weight is 457 g/mol. The van der Waals surface area contributed by atoms with Gasteiger partial charge in [-0.1, -0.05) is 16.8 Å². The smallest absolute Gasteiger partial charge is 0.243 e. The molecule has 3 rings (SSSR count). The molecule has 0 bridgehead atoms. The van der Waals surface area contributed by atoms with E-state index in [-0.39, 0.29) is 28.1 Å². The molecular weight excluding hydrogens is 432 g/mol. The Morgan fingerprint density at radius 3 is 2.63 bits per heavy atom. The van der Waals surface area contributed by atoms with Gasteiger partial charge in [-0.3, -0.25) is 9.69 Å². The molecule has 11 heteroatoms. The number of ether oxygens (including phenoxy) is 1. The molecule has 1 N–H and O–H groups in total. The van der Waals surface area contributed by atoms with Crippen LogP contribution in [0.25, 0.3) is 0 Å². The summed E-state index contributed by atoms with van der Waals surface area (Å²) in [5.41, 5.74) is 1.97. The van der Waals surface area contributed by atoms with Gasteiger partial charge in [-0.25, -0.2) is 8.42 Å². The number of benzene rings is 1. The first kappa shape index (κ1) is 22.7. The molecule has 1 aromatic carbocycles. The van der Waals surface area contributed by atoms with Gasteiger partial charge in [0, 0.05) is 25.2 Å². The first-order chi connectivity index (χ1) is 14.2. The fourth-order valence-electron chi connectivity index (χ4n) is 3.18. The highest BCUT2D eigenvalue weighted by atomic mass is 35.5. The predicted octanol–water partition coefficient (Wildman–Crippen LogP) is 2.04. The number of sulfonamides is 1. The van der Waals surface area contributed by atoms with Crippen LogP contribution < -0.4 is 5.32 Å². The van der Waals surface area contributed by atoms with Crippen LogP contribution in [-0.2, 0) is 26.1 Å². The molecule has 1 aromatic heterocycles. The molecule has 1 amide bonds. The van der Waals surface area contributed by atoms with Crippen molar-refractivity contribution in [3.63, 3.8) is 0 Å². The monoisotopic (exact) mass is 456 g/mol. The van der Waals surface area contributed by atoms with Gasteiger partial charge in [0.25, 0.3) is 0 Å². The lowest BCUT2D eigenvalue weighted by molar-refractivity contribution is -0.117. The van der Waals surface area contributed by atoms with Crippen LogP contribution in [0, 0.1) is 13.8 Å². The van der Waals surface area contributed by atoms with Crippen molar-refractivity contribution in [3.05, 3.63) is 40.2 Å². The molecule has 164 valence electrons. The van der Waals surface area contributed by atoms with Gasteiger partial charge in [0.2, 0.25) is 15.9 Å². The molecule has 2 aromatic rings. The van der Waals surface area contributed by atoms with Gasteiger partial charge >= 0.3 is 0 Å². The van der Waals surface area contributed by atoms with Gasteiger partial charge < -0.3 is 14.6 Å². The number of nitrogens with zero attached hydrogens (tertiary/aromatic N) is 3. The zero-order valence-electron chi connectivity index (χ0n) is 17.1. The Balaban J connectivity index is 1.68. The number of hydrogen-bond acceptors (Lipinski definition) is 7. The fraction of sp³-hybridized carbons (Fsp3) is 0.474. The number of carbonyl (C=O) groups excluding carboxylic acids is 1. The zero-order valence-corrected chi connectivity index (χ0v) is 18.7. The molecule has 1 aliphatic heterocycles. The second kappa shape index (κ2) is 9.44. The molecular formula is C19H25ClN4O5S. The summed E-state index contributed by atoms with van der Waals surface area (Å²) < 4.78 is 37.4. The van der Waals surface area contributed by atoms with Crippen LogP contribution in [0.5, 0.6) is 0 Å². The van der Waals surface area contributed by atoms with Crippen LogP contribution in [0.15, 0.2) is 27.6 Å². The molecule has 0 radical (unpaired) electrons. The molecule has 1 aliphatic rings. The molecule has 0 spiro atoms. The molecule has 0 aliphatic carbocycles. The van der Waals surface area contributed by atoms with Crippen LogP contribution in [-0.4, -0.2) is 68.6 Å². The summed E-state index contributed by atoms with van der Waals surface area (Å²) in [5.74, 6) is 0.399. The highest BCUT2D eigenvalue weighted by molar-refractivity contribution is 7.89. The summed E-state index contributed by atoms with van der Waals surface area (Å²) in [6.07, 6.45) is 0. The quantitative estimate of drug-likeness (QED) is 0.679. The largest absolute Gasteiger partial charge is 0.379 e. The number of hydrogen-bond donors (Lipinski definition) is 1. The van der Waals surface area contributed by atoms with Crippen molar-refractivity contribution in [2.75, 3.05) is 45.2 Å². The summed E-state index contributed by atoms with van der Waals surface area (Å²) in [6.45, 7) is 5.54. The molecule has 0 unspecified atom stereocenters. The molecule has 1 fully saturated rings. The lowest BCUT2D eigenvalue weighted by atomic mass is 10.2. The number of likely N-dealkylation sites (N-methyl/N-ethyl adjacent to an activating group) is 1. The Bertz CT molecular complexity index is 998. The number of morpholine rings is 1. The van der Waals surface area contributed by atoms with E-state index in [9.17, 15) is 13.2 Å². The fourth-order valence-corrected chi connectivity index (χ4v) is 4.78. The second-order valence-electron chi connectivity index (χ2n) is 7.18. The van der Waals surface area contributed by atoms with E-state index in [2.05, 4.69) is 10.5 Å². The molecule has 30 heavy (non-hydrogen) atoms. The maximum Gasteiger partial charge on any atom is 0.243 e. The standard InChI is InChI=1S/C19H25ClN4O5S/c1-13-16(14(2)29-22-13)11-23(3)12-19(25)21-18-10-15(4-5-17(18)20)30(26,27)24-6-8-28-9-7-24/h4-5,10H,6-9,11-12H2,1-3H3,(H,21,25). The third-order valence-electron chi connectivity index (χ3n) is 4.84. The van der Waals surface area contributed by atoms with Crippen LogP contribution in [0.3, 0.4) is 0 Å². The summed E-state index contributed by atoms with van der Waals surface area (Å²) in [4.78, 5) is 14.4. The van der Waals surface area contributed by atoms with Gasteiger partial charge in [0.1, 0.15) is 5.76 Å². The van der Waals surface area contributed by atoms with Crippen molar-refractivity contribution < 1.29 is 22.5 Å². The van der Waals surface area contributed by atoms with Crippen molar-refractivity contribution in [1.29, 1.82) is 0 Å². The topological polar surface area (TPSA) is 105 Å². The first-order valence-electron chi connectivity index (χ1n) is 9.46. The summed E-state index contributed by atoms with van der Waals surface area (Å²) >= 11 is 6.19. The van der Waals surface area contributed by atoms with E-state index in [1.54, 1.807) is 7.05 Å². The third kappa shape index (κ3) is 5.19. The number of halogens is 1. The maximum absolute atomic E-state index is 12.8. The van der Waals surface area contributed by atoms with Crippen molar-refractivity contribution in [2.24, 2.45) is 0 Å². The number of rotatable bonds is 7. The molecule has 9 nitrogen and oxygen atoms in total. The van der Waals surface area contributed by atoms with E-state index in [0.29, 0.717) is 38.6 Å². The normalized spacial score (nSPS) is 15.5. The van der Waals surface area contributed by atoms with E-state index in [1.165, 1.54) is 22.5 Å². The van der Waals surface area contributed by atoms with Crippen LogP contribution >= 0.6 is 11.6 Å². The average Bonchev–Trinajstić information content (AvgIpc) is 3.02. The van der Waals surface area contributed by atoms with E-state index in [4.69, 9.17) is 20.9 Å². The zero-order chi connectivity index (χ0) is 21.9. The van der Waals surface area contributed by atoms with Gasteiger partial charge in [-0.15, -0.1) is 0 Å². The van der Waals surface area contributed by atoms with Crippen LogP contribution in [0.4, 0.5) is 5.69 Å². The van der Waals surface area contributed by atoms with Crippen molar-refractivity contribution >= 4 is 33.2 Å². The number of carbonyl (C=O) groups is 1. The Morgan fingerprint density at radius 1 is 1.30 bits per heavy atom. The Labute approximate surface area is 181 Å². The van der Waals surface area contributed by atoms with Gasteiger partial charge in [-0.05, 0) is 39.1 Å². The van der Waals surface area contributed by atoms with E-state index in [0.717, 1.165) is 11.3 Å². The number of nitrogens with one attached hydrogen (secondary N) is 1. The van der Waals surface area contributed by atoms with Crippen molar-refractivity contribution in [2.45, 2.75) is 25.3 Å². The molecule has 0 atom stereocenters. The second-order valence-corrected chi connectivity index (χ2v) is 9.53. The van der Waals surface area contributed by atoms with Crippen LogP contribution in [0.2, 0.25) is 5.02 Å². The molecule has 1 saturated heterocycles. The summed E-state index contributed by atoms with van der Waals surface area (Å²) in [5, 5.41) is 6.88. The number of aromatic nitrogens is 1. The molecule has 2 heterocycles. The SMILES string of the molecule is Cc1noc(C)c1CN(C)CC(=O)Nc1cc(S(=O)(=O)N2CCOCC2)ccc1Cl. The minimum atomic E-state index is -3.69. The van der Waals surface area contributed by atoms with E-state index >= 15 is 0 Å². The van der Waals surface area contributed by atoms with Crippen molar-refractivity contribution in [1.82, 2.24) is 14.4 Å². The third-order valence-corrected chi connectivity index (χ3v) is 7.07. The first-order valence-corrected chi connectivity index (χ1v) is 11.3. The van der Waals surface area contributed by atoms with E-state index < -0.39 is 10.0 Å². The predicted molar refractivity (Wildman–Crippen MR) is 112 cm³/mol. The number of aryl methyl sites for hydroxylation is 2. The lowest BCUT2D eigenvalue weighted by Gasteiger charge is -2.26. The Kier molecular flexibility index (Phi) is 7.14. The highest BCUT2D eigenvalue weighted by Gasteiger charge is 2.27. The lowest BCUT2D eigenvalue weighted by Crippen LogP contribution is -2.40. The maximum atomic E-state index is 12.8. The Morgan fingerprint density at radius 2 is 2.00 bits per heavy atom. The summed E-state index contributed by atoms with van der Waals surface area (Å²) in [6, 6.07) is 4.30. The van der Waals surface area contributed by atoms with Gasteiger partial charge in [0.15, 0.2) is 0 Å². The van der Waals surface area contributed by atoms with Crippen molar-refractivity contribution in [3.8, 4) is 0 Å². The minimum Gasteiger partial charge on any atom is -0.379 e. The Hall–Kier alpha value is -1.98.